The number of carbonyl (C=O) groups is 1. The normalized spacial score (nSPS) is 13.2. The second kappa shape index (κ2) is 9.64. The van der Waals surface area contributed by atoms with Gasteiger partial charge in [0.15, 0.2) is 0 Å². The van der Waals surface area contributed by atoms with Crippen molar-refractivity contribution in [2.75, 3.05) is 13.2 Å². The van der Waals surface area contributed by atoms with Gasteiger partial charge >= 0.3 is 0 Å². The predicted molar refractivity (Wildman–Crippen MR) is 58.3 cm³/mol. The van der Waals surface area contributed by atoms with Crippen molar-refractivity contribution in [1.82, 2.24) is 5.32 Å². The second-order valence-electron chi connectivity index (χ2n) is 3.37. The molecule has 0 spiro atoms. The van der Waals surface area contributed by atoms with E-state index in [1.165, 1.54) is 6.92 Å². The Hall–Kier alpha value is -0.910. The van der Waals surface area contributed by atoms with Gasteiger partial charge in [-0.2, -0.15) is 0 Å². The summed E-state index contributed by atoms with van der Waals surface area (Å²) in [7, 11) is 0. The van der Waals surface area contributed by atoms with Gasteiger partial charge in [-0.1, -0.05) is 6.58 Å². The number of carbonyl (C=O) groups excluding carboxylic acids is 1. The van der Waals surface area contributed by atoms with E-state index in [9.17, 15) is 4.79 Å². The fourth-order valence-corrected chi connectivity index (χ4v) is 0.391. The lowest BCUT2D eigenvalue weighted by molar-refractivity contribution is -0.117. The molecule has 0 aromatic heterocycles. The van der Waals surface area contributed by atoms with Gasteiger partial charge in [-0.3, -0.25) is 4.79 Å². The number of aliphatic hydroxyl groups excluding tert-OH is 3. The molecule has 0 aliphatic rings. The van der Waals surface area contributed by atoms with Gasteiger partial charge in [-0.25, -0.2) is 0 Å². The van der Waals surface area contributed by atoms with Crippen molar-refractivity contribution in [3.05, 3.63) is 12.2 Å². The van der Waals surface area contributed by atoms with E-state index in [1.54, 1.807) is 13.8 Å². The topological polar surface area (TPSA) is 89.8 Å². The molecule has 2 atom stereocenters. The Morgan fingerprint density at radius 1 is 1.33 bits per heavy atom. The fourth-order valence-electron chi connectivity index (χ4n) is 0.391. The molecule has 0 fully saturated rings. The van der Waals surface area contributed by atoms with E-state index in [4.69, 9.17) is 15.3 Å². The lowest BCUT2D eigenvalue weighted by Gasteiger charge is -2.05. The van der Waals surface area contributed by atoms with Crippen molar-refractivity contribution < 1.29 is 20.1 Å². The first kappa shape index (κ1) is 16.5. The van der Waals surface area contributed by atoms with E-state index in [1.807, 2.05) is 0 Å². The largest absolute Gasteiger partial charge is 0.394 e. The molecule has 0 rings (SSSR count). The van der Waals surface area contributed by atoms with Gasteiger partial charge in [0.25, 0.3) is 0 Å². The van der Waals surface area contributed by atoms with Crippen molar-refractivity contribution in [1.29, 1.82) is 0 Å². The Kier molecular flexibility index (Phi) is 10.6. The SMILES string of the molecule is C=C(C)C(=O)NCC(C)O.CC(O)CO. The predicted octanol–water partition coefficient (Wildman–Crippen LogP) is -0.581. The second-order valence-corrected chi connectivity index (χ2v) is 3.37. The highest BCUT2D eigenvalue weighted by Crippen LogP contribution is 1.85. The minimum absolute atomic E-state index is 0.139. The molecule has 5 heteroatoms. The van der Waals surface area contributed by atoms with Crippen LogP contribution in [0.4, 0.5) is 0 Å². The van der Waals surface area contributed by atoms with Gasteiger partial charge in [0.1, 0.15) is 0 Å². The molecule has 90 valence electrons. The first-order chi connectivity index (χ1) is 6.81. The van der Waals surface area contributed by atoms with Crippen LogP contribution in [-0.2, 0) is 4.79 Å². The molecule has 0 bridgehead atoms. The van der Waals surface area contributed by atoms with Gasteiger partial charge in [0, 0.05) is 12.1 Å². The molecule has 0 saturated carbocycles. The molecule has 0 aromatic carbocycles. The molecule has 0 radical (unpaired) electrons. The monoisotopic (exact) mass is 219 g/mol. The van der Waals surface area contributed by atoms with Gasteiger partial charge in [-0.05, 0) is 20.8 Å². The van der Waals surface area contributed by atoms with Crippen LogP contribution in [0.15, 0.2) is 12.2 Å². The van der Waals surface area contributed by atoms with E-state index in [-0.39, 0.29) is 19.1 Å². The maximum atomic E-state index is 10.7. The Balaban J connectivity index is 0. The summed E-state index contributed by atoms with van der Waals surface area (Å²) < 4.78 is 0. The molecular formula is C10H21NO4. The first-order valence-corrected chi connectivity index (χ1v) is 4.72. The number of nitrogens with one attached hydrogen (secondary N) is 1. The van der Waals surface area contributed by atoms with Crippen molar-refractivity contribution >= 4 is 5.91 Å². The van der Waals surface area contributed by atoms with Crippen LogP contribution in [0.5, 0.6) is 0 Å². The number of aliphatic hydroxyl groups is 3. The lowest BCUT2D eigenvalue weighted by atomic mass is 10.3. The molecule has 0 heterocycles. The number of rotatable bonds is 4. The van der Waals surface area contributed by atoms with Crippen LogP contribution in [0.2, 0.25) is 0 Å². The summed E-state index contributed by atoms with van der Waals surface area (Å²) in [6, 6.07) is 0. The summed E-state index contributed by atoms with van der Waals surface area (Å²) >= 11 is 0. The van der Waals surface area contributed by atoms with Gasteiger partial charge in [0.2, 0.25) is 5.91 Å². The third-order valence-corrected chi connectivity index (χ3v) is 1.21. The van der Waals surface area contributed by atoms with E-state index in [0.29, 0.717) is 5.57 Å². The van der Waals surface area contributed by atoms with Crippen LogP contribution in [0.3, 0.4) is 0 Å². The average molecular weight is 219 g/mol. The summed E-state index contributed by atoms with van der Waals surface area (Å²) in [4.78, 5) is 10.7. The van der Waals surface area contributed by atoms with Gasteiger partial charge < -0.3 is 20.6 Å². The molecule has 0 aromatic rings. The first-order valence-electron chi connectivity index (χ1n) is 4.72. The molecule has 0 saturated heterocycles. The zero-order valence-electron chi connectivity index (χ0n) is 9.53. The molecular weight excluding hydrogens is 198 g/mol. The Labute approximate surface area is 90.4 Å². The van der Waals surface area contributed by atoms with Crippen LogP contribution in [-0.4, -0.2) is 46.6 Å². The average Bonchev–Trinajstić information content (AvgIpc) is 2.14. The molecule has 0 aliphatic carbocycles. The maximum Gasteiger partial charge on any atom is 0.246 e. The van der Waals surface area contributed by atoms with Gasteiger partial charge in [0.05, 0.1) is 18.8 Å². The summed E-state index contributed by atoms with van der Waals surface area (Å²) in [6.45, 7) is 8.34. The third-order valence-electron chi connectivity index (χ3n) is 1.21. The lowest BCUT2D eigenvalue weighted by Crippen LogP contribution is -2.30. The summed E-state index contributed by atoms with van der Waals surface area (Å²) in [6.07, 6.45) is -1.06. The van der Waals surface area contributed by atoms with Crippen LogP contribution in [0, 0.1) is 0 Å². The minimum atomic E-state index is -0.560. The van der Waals surface area contributed by atoms with Crippen LogP contribution < -0.4 is 5.32 Å². The highest BCUT2D eigenvalue weighted by Gasteiger charge is 2.01. The summed E-state index contributed by atoms with van der Waals surface area (Å²) in [5.74, 6) is -0.207. The third kappa shape index (κ3) is 15.8. The minimum Gasteiger partial charge on any atom is -0.394 e. The summed E-state index contributed by atoms with van der Waals surface area (Å²) in [5, 5.41) is 27.2. The standard InChI is InChI=1S/C7H13NO2.C3H8O2/c1-5(2)7(10)8-4-6(3)9;1-3(5)2-4/h6,9H,1,4H2,2-3H3,(H,8,10);3-5H,2H2,1H3. The molecule has 1 amide bonds. The molecule has 5 nitrogen and oxygen atoms in total. The van der Waals surface area contributed by atoms with E-state index in [0.717, 1.165) is 0 Å². The smallest absolute Gasteiger partial charge is 0.246 e. The number of hydrogen-bond acceptors (Lipinski definition) is 4. The highest BCUT2D eigenvalue weighted by molar-refractivity contribution is 5.92. The van der Waals surface area contributed by atoms with E-state index >= 15 is 0 Å². The zero-order valence-corrected chi connectivity index (χ0v) is 9.53. The summed E-state index contributed by atoms with van der Waals surface area (Å²) in [5.41, 5.74) is 0.459. The molecule has 15 heavy (non-hydrogen) atoms. The van der Waals surface area contributed by atoms with Crippen molar-refractivity contribution in [3.63, 3.8) is 0 Å². The van der Waals surface area contributed by atoms with Crippen LogP contribution in [0.25, 0.3) is 0 Å². The number of amides is 1. The molecule has 2 unspecified atom stereocenters. The molecule has 4 N–H and O–H groups in total. The number of hydrogen-bond donors (Lipinski definition) is 4. The van der Waals surface area contributed by atoms with Gasteiger partial charge in [-0.15, -0.1) is 0 Å². The quantitative estimate of drug-likeness (QED) is 0.476. The Bertz CT molecular complexity index is 190. The zero-order chi connectivity index (χ0) is 12.4. The molecule has 0 aliphatic heterocycles. The van der Waals surface area contributed by atoms with Crippen molar-refractivity contribution in [3.8, 4) is 0 Å². The Morgan fingerprint density at radius 2 is 1.73 bits per heavy atom. The van der Waals surface area contributed by atoms with E-state index < -0.39 is 12.2 Å². The van der Waals surface area contributed by atoms with Crippen LogP contribution in [0.1, 0.15) is 20.8 Å². The van der Waals surface area contributed by atoms with E-state index in [2.05, 4.69) is 11.9 Å². The highest BCUT2D eigenvalue weighted by atomic mass is 16.3. The maximum absolute atomic E-state index is 10.7. The fraction of sp³-hybridized carbons (Fsp3) is 0.700. The Morgan fingerprint density at radius 3 is 1.93 bits per heavy atom. The van der Waals surface area contributed by atoms with Crippen molar-refractivity contribution in [2.45, 2.75) is 33.0 Å². The van der Waals surface area contributed by atoms with Crippen LogP contribution >= 0.6 is 0 Å². The van der Waals surface area contributed by atoms with Crippen molar-refractivity contribution in [2.24, 2.45) is 0 Å².